The van der Waals surface area contributed by atoms with Crippen LogP contribution in [0.3, 0.4) is 0 Å². The van der Waals surface area contributed by atoms with Gasteiger partial charge in [0.05, 0.1) is 17.7 Å². The smallest absolute Gasteiger partial charge is 0.344 e. The Morgan fingerprint density at radius 2 is 1.88 bits per heavy atom. The van der Waals surface area contributed by atoms with Gasteiger partial charge in [0, 0.05) is 37.2 Å². The molecule has 172 valence electrons. The van der Waals surface area contributed by atoms with Gasteiger partial charge in [-0.3, -0.25) is 9.59 Å². The Morgan fingerprint density at radius 1 is 1.12 bits per heavy atom. The van der Waals surface area contributed by atoms with Crippen molar-refractivity contribution >= 4 is 28.8 Å². The summed E-state index contributed by atoms with van der Waals surface area (Å²) >= 11 is 0. The number of amides is 1. The molecular weight excluding hydrogens is 426 g/mol. The summed E-state index contributed by atoms with van der Waals surface area (Å²) in [6.45, 7) is 6.77. The van der Waals surface area contributed by atoms with Crippen LogP contribution in [0.1, 0.15) is 33.2 Å². The van der Waals surface area contributed by atoms with Crippen LogP contribution in [0.4, 0.5) is 5.69 Å². The summed E-state index contributed by atoms with van der Waals surface area (Å²) < 4.78 is 10.6. The van der Waals surface area contributed by atoms with Gasteiger partial charge in [0.1, 0.15) is 5.69 Å². The maximum Gasteiger partial charge on any atom is 0.344 e. The number of hydrogen-bond acceptors (Lipinski definition) is 8. The van der Waals surface area contributed by atoms with Crippen molar-refractivity contribution < 1.29 is 18.7 Å². The van der Waals surface area contributed by atoms with Crippen LogP contribution in [-0.4, -0.2) is 45.0 Å². The van der Waals surface area contributed by atoms with Gasteiger partial charge in [0.15, 0.2) is 11.9 Å². The van der Waals surface area contributed by atoms with Crippen molar-refractivity contribution in [3.8, 4) is 11.1 Å². The van der Waals surface area contributed by atoms with Gasteiger partial charge in [-0.1, -0.05) is 12.1 Å². The van der Waals surface area contributed by atoms with Crippen molar-refractivity contribution in [2.24, 2.45) is 5.18 Å². The number of rotatable bonds is 11. The average molecular weight is 451 g/mol. The predicted molar refractivity (Wildman–Crippen MR) is 125 cm³/mol. The number of benzene rings is 2. The molecule has 0 spiro atoms. The lowest BCUT2D eigenvalue weighted by Crippen LogP contribution is -2.33. The minimum Gasteiger partial charge on any atom is -0.421 e. The molecule has 0 radical (unpaired) electrons. The Bertz CT molecular complexity index is 1220. The largest absolute Gasteiger partial charge is 0.421 e. The highest BCUT2D eigenvalue weighted by Crippen LogP contribution is 2.32. The third kappa shape index (κ3) is 5.39. The molecule has 0 saturated heterocycles. The number of aldehydes is 1. The van der Waals surface area contributed by atoms with Gasteiger partial charge in [-0.25, -0.2) is 4.79 Å². The number of nitroso groups, excluding NO2 is 1. The van der Waals surface area contributed by atoms with Gasteiger partial charge in [-0.15, -0.1) is 4.91 Å². The van der Waals surface area contributed by atoms with Crippen molar-refractivity contribution in [2.45, 2.75) is 13.8 Å². The van der Waals surface area contributed by atoms with Crippen molar-refractivity contribution in [3.05, 3.63) is 68.4 Å². The molecule has 0 aliphatic carbocycles. The number of hydrogen-bond donors (Lipinski definition) is 2. The van der Waals surface area contributed by atoms with E-state index in [-0.39, 0.29) is 22.7 Å². The van der Waals surface area contributed by atoms with Crippen LogP contribution in [-0.2, 0) is 4.74 Å². The number of carbonyl (C=O) groups is 2. The van der Waals surface area contributed by atoms with E-state index in [0.717, 1.165) is 0 Å². The molecule has 0 saturated carbocycles. The van der Waals surface area contributed by atoms with Crippen LogP contribution in [0.15, 0.2) is 50.8 Å². The van der Waals surface area contributed by atoms with Gasteiger partial charge in [-0.05, 0) is 54.4 Å². The molecule has 2 N–H and O–H groups in total. The molecule has 9 nitrogen and oxygen atoms in total. The zero-order valence-electron chi connectivity index (χ0n) is 18.5. The second kappa shape index (κ2) is 11.3. The summed E-state index contributed by atoms with van der Waals surface area (Å²) in [5.74, 6) is -0.222. The first kappa shape index (κ1) is 24.0. The molecule has 33 heavy (non-hydrogen) atoms. The summed E-state index contributed by atoms with van der Waals surface area (Å²) in [5.41, 5.74) is 1.17. The second-order valence-electron chi connectivity index (χ2n) is 7.25. The van der Waals surface area contributed by atoms with Crippen molar-refractivity contribution in [2.75, 3.05) is 32.8 Å². The van der Waals surface area contributed by atoms with E-state index in [4.69, 9.17) is 9.15 Å². The van der Waals surface area contributed by atoms with Gasteiger partial charge in [0.2, 0.25) is 0 Å². The predicted octanol–water partition coefficient (Wildman–Crippen LogP) is 3.33. The molecule has 3 aromatic rings. The number of aryl methyl sites for hydroxylation is 1. The molecule has 0 atom stereocenters. The van der Waals surface area contributed by atoms with Crippen molar-refractivity contribution in [1.29, 1.82) is 0 Å². The number of fused-ring (bicyclic) bond motifs is 1. The normalized spacial score (nSPS) is 10.8. The summed E-state index contributed by atoms with van der Waals surface area (Å²) in [5, 5.41) is 9.34. The van der Waals surface area contributed by atoms with Crippen LogP contribution in [0.2, 0.25) is 0 Å². The van der Waals surface area contributed by atoms with E-state index in [9.17, 15) is 19.3 Å². The van der Waals surface area contributed by atoms with Gasteiger partial charge >= 0.3 is 5.63 Å². The standard InChI is InChI=1S/C24H25N3O6/c1-3-32-13-12-25-10-11-26-23(29)17-6-4-16(5-7-17)21-15(2)18-8-9-20(27-31)19(14-28)22(18)33-24(21)30/h4-9,14,25H,3,10-13H2,1-2H3,(H,26,29). The Balaban J connectivity index is 1.77. The van der Waals surface area contributed by atoms with E-state index >= 15 is 0 Å². The van der Waals surface area contributed by atoms with Crippen LogP contribution >= 0.6 is 0 Å². The molecule has 0 bridgehead atoms. The number of nitrogens with one attached hydrogen (secondary N) is 2. The average Bonchev–Trinajstić information content (AvgIpc) is 2.83. The maximum absolute atomic E-state index is 12.7. The van der Waals surface area contributed by atoms with Crippen LogP contribution in [0, 0.1) is 11.8 Å². The summed E-state index contributed by atoms with van der Waals surface area (Å²) in [7, 11) is 0. The highest BCUT2D eigenvalue weighted by Gasteiger charge is 2.18. The Hall–Kier alpha value is -3.69. The Labute approximate surface area is 190 Å². The fraction of sp³-hybridized carbons (Fsp3) is 0.292. The molecule has 2 aromatic carbocycles. The molecular formula is C24H25N3O6. The fourth-order valence-electron chi connectivity index (χ4n) is 3.52. The second-order valence-corrected chi connectivity index (χ2v) is 7.25. The molecule has 1 amide bonds. The number of carbonyl (C=O) groups excluding carboxylic acids is 2. The minimum atomic E-state index is -0.651. The summed E-state index contributed by atoms with van der Waals surface area (Å²) in [4.78, 5) is 47.4. The van der Waals surface area contributed by atoms with Crippen LogP contribution in [0.5, 0.6) is 0 Å². The Kier molecular flexibility index (Phi) is 8.17. The molecule has 0 unspecified atom stereocenters. The van der Waals surface area contributed by atoms with Gasteiger partial charge in [0.25, 0.3) is 5.91 Å². The van der Waals surface area contributed by atoms with Gasteiger partial charge < -0.3 is 19.8 Å². The lowest BCUT2D eigenvalue weighted by Gasteiger charge is -2.11. The molecule has 3 rings (SSSR count). The third-order valence-corrected chi connectivity index (χ3v) is 5.22. The first-order valence-corrected chi connectivity index (χ1v) is 10.6. The zero-order valence-corrected chi connectivity index (χ0v) is 18.5. The zero-order chi connectivity index (χ0) is 23.8. The van der Waals surface area contributed by atoms with Crippen molar-refractivity contribution in [3.63, 3.8) is 0 Å². The molecule has 0 fully saturated rings. The maximum atomic E-state index is 12.7. The van der Waals surface area contributed by atoms with Gasteiger partial charge in [-0.2, -0.15) is 0 Å². The van der Waals surface area contributed by atoms with E-state index in [0.29, 0.717) is 66.8 Å². The third-order valence-electron chi connectivity index (χ3n) is 5.22. The van der Waals surface area contributed by atoms with Crippen LogP contribution in [0.25, 0.3) is 22.1 Å². The van der Waals surface area contributed by atoms with E-state index in [1.165, 1.54) is 6.07 Å². The van der Waals surface area contributed by atoms with Crippen molar-refractivity contribution in [1.82, 2.24) is 10.6 Å². The molecule has 1 heterocycles. The number of nitrogens with zero attached hydrogens (tertiary/aromatic N) is 1. The van der Waals surface area contributed by atoms with E-state index in [1.54, 1.807) is 37.3 Å². The minimum absolute atomic E-state index is 0.0271. The highest BCUT2D eigenvalue weighted by atomic mass is 16.5. The molecule has 0 aliphatic heterocycles. The first-order valence-electron chi connectivity index (χ1n) is 10.6. The van der Waals surface area contributed by atoms with Crippen LogP contribution < -0.4 is 16.3 Å². The number of ether oxygens (including phenoxy) is 1. The highest BCUT2D eigenvalue weighted by molar-refractivity contribution is 6.02. The molecule has 0 aliphatic rings. The summed E-state index contributed by atoms with van der Waals surface area (Å²) in [6.07, 6.45) is 0.447. The quantitative estimate of drug-likeness (QED) is 0.198. The molecule has 9 heteroatoms. The lowest BCUT2D eigenvalue weighted by molar-refractivity contribution is 0.0953. The van der Waals surface area contributed by atoms with E-state index in [1.807, 2.05) is 6.92 Å². The molecule has 1 aromatic heterocycles. The first-order chi connectivity index (χ1) is 16.0. The SMILES string of the molecule is CCOCCNCCNC(=O)c1ccc(-c2c(C)c3ccc(N=O)c(C=O)c3oc2=O)cc1. The van der Waals surface area contributed by atoms with E-state index in [2.05, 4.69) is 15.8 Å². The monoisotopic (exact) mass is 451 g/mol. The van der Waals surface area contributed by atoms with E-state index < -0.39 is 5.63 Å². The topological polar surface area (TPSA) is 127 Å². The fourth-order valence-corrected chi connectivity index (χ4v) is 3.52. The summed E-state index contributed by atoms with van der Waals surface area (Å²) in [6, 6.07) is 9.60. The Morgan fingerprint density at radius 3 is 2.55 bits per heavy atom. The lowest BCUT2D eigenvalue weighted by atomic mass is 9.97.